The molecule has 2 aromatic rings. The number of aryl methyl sites for hydroxylation is 1. The number of hydrogen-bond acceptors (Lipinski definition) is 3. The highest BCUT2D eigenvalue weighted by Crippen LogP contribution is 2.45. The van der Waals surface area contributed by atoms with Crippen LogP contribution in [-0.4, -0.2) is 36.9 Å². The molecule has 2 heterocycles. The second-order valence-electron chi connectivity index (χ2n) is 7.00. The van der Waals surface area contributed by atoms with Gasteiger partial charge in [-0.3, -0.25) is 9.59 Å². The van der Waals surface area contributed by atoms with Gasteiger partial charge in [0.25, 0.3) is 0 Å². The minimum atomic E-state index is -0.647. The van der Waals surface area contributed by atoms with Crippen molar-refractivity contribution in [3.63, 3.8) is 0 Å². The monoisotopic (exact) mass is 350 g/mol. The second kappa shape index (κ2) is 6.48. The normalized spacial score (nSPS) is 21.0. The number of methoxy groups -OCH3 is 1. The molecule has 1 spiro atoms. The lowest BCUT2D eigenvalue weighted by atomic mass is 9.81. The van der Waals surface area contributed by atoms with Crippen molar-refractivity contribution in [2.75, 3.05) is 25.5 Å². The quantitative estimate of drug-likeness (QED) is 0.922. The number of hydrogen-bond donors (Lipinski definition) is 1. The fraction of sp³-hybridized carbons (Fsp3) is 0.333. The molecule has 1 N–H and O–H groups in total. The maximum absolute atomic E-state index is 12.7. The molecule has 0 bridgehead atoms. The van der Waals surface area contributed by atoms with Crippen LogP contribution in [-0.2, 0) is 21.4 Å². The molecule has 5 heteroatoms. The highest BCUT2D eigenvalue weighted by Gasteiger charge is 2.52. The molecule has 2 aliphatic rings. The first-order valence-electron chi connectivity index (χ1n) is 8.94. The first kappa shape index (κ1) is 16.6. The molecule has 4 rings (SSSR count). The molecule has 134 valence electrons. The molecule has 26 heavy (non-hydrogen) atoms. The number of likely N-dealkylation sites (tertiary alicyclic amines) is 1. The number of nitrogens with one attached hydrogen (secondary N) is 1. The molecule has 0 aromatic heterocycles. The molecular weight excluding hydrogens is 328 g/mol. The van der Waals surface area contributed by atoms with Gasteiger partial charge in [0, 0.05) is 25.2 Å². The Balaban J connectivity index is 1.50. The summed E-state index contributed by atoms with van der Waals surface area (Å²) in [6.45, 7) is 1.05. The largest absolute Gasteiger partial charge is 0.497 e. The number of nitrogens with zero attached hydrogens (tertiary/aromatic N) is 1. The number of anilines is 1. The van der Waals surface area contributed by atoms with E-state index in [4.69, 9.17) is 4.74 Å². The third-order valence-corrected chi connectivity index (χ3v) is 5.52. The number of amides is 2. The molecule has 0 unspecified atom stereocenters. The van der Waals surface area contributed by atoms with Crippen molar-refractivity contribution in [1.29, 1.82) is 0 Å². The van der Waals surface area contributed by atoms with E-state index in [1.54, 1.807) is 7.11 Å². The summed E-state index contributed by atoms with van der Waals surface area (Å²) in [5.41, 5.74) is 2.28. The van der Waals surface area contributed by atoms with Crippen LogP contribution in [0.5, 0.6) is 5.75 Å². The van der Waals surface area contributed by atoms with Crippen molar-refractivity contribution in [1.82, 2.24) is 4.90 Å². The van der Waals surface area contributed by atoms with E-state index in [0.717, 1.165) is 29.0 Å². The summed E-state index contributed by atoms with van der Waals surface area (Å²) in [6.07, 6.45) is 1.84. The SMILES string of the molecule is COc1ccc2c(c1)[C@@]1(CCN(C(=O)CCc3ccccc3)C1)C(=O)N2. The van der Waals surface area contributed by atoms with E-state index in [2.05, 4.69) is 5.32 Å². The highest BCUT2D eigenvalue weighted by atomic mass is 16.5. The van der Waals surface area contributed by atoms with E-state index >= 15 is 0 Å². The number of benzene rings is 2. The molecule has 2 amide bonds. The minimum absolute atomic E-state index is 0.0147. The molecule has 2 aromatic carbocycles. The van der Waals surface area contributed by atoms with Crippen LogP contribution in [0.25, 0.3) is 0 Å². The van der Waals surface area contributed by atoms with E-state index < -0.39 is 5.41 Å². The summed E-state index contributed by atoms with van der Waals surface area (Å²) in [7, 11) is 1.62. The predicted molar refractivity (Wildman–Crippen MR) is 99.3 cm³/mol. The van der Waals surface area contributed by atoms with Crippen molar-refractivity contribution < 1.29 is 14.3 Å². The molecule has 2 aliphatic heterocycles. The lowest BCUT2D eigenvalue weighted by Crippen LogP contribution is -2.39. The molecule has 5 nitrogen and oxygen atoms in total. The lowest BCUT2D eigenvalue weighted by molar-refractivity contribution is -0.130. The summed E-state index contributed by atoms with van der Waals surface area (Å²) >= 11 is 0. The zero-order valence-corrected chi connectivity index (χ0v) is 14.8. The van der Waals surface area contributed by atoms with Gasteiger partial charge >= 0.3 is 0 Å². The van der Waals surface area contributed by atoms with Gasteiger partial charge in [0.2, 0.25) is 11.8 Å². The molecule has 0 saturated carbocycles. The summed E-state index contributed by atoms with van der Waals surface area (Å²) in [4.78, 5) is 27.2. The van der Waals surface area contributed by atoms with Crippen LogP contribution >= 0.6 is 0 Å². The van der Waals surface area contributed by atoms with Crippen molar-refractivity contribution in [2.45, 2.75) is 24.7 Å². The lowest BCUT2D eigenvalue weighted by Gasteiger charge is -2.23. The van der Waals surface area contributed by atoms with E-state index in [-0.39, 0.29) is 11.8 Å². The third kappa shape index (κ3) is 2.73. The van der Waals surface area contributed by atoms with E-state index in [1.165, 1.54) is 0 Å². The molecule has 1 fully saturated rings. The Morgan fingerprint density at radius 3 is 2.81 bits per heavy atom. The van der Waals surface area contributed by atoms with Gasteiger partial charge in [-0.15, -0.1) is 0 Å². The van der Waals surface area contributed by atoms with Crippen molar-refractivity contribution in [3.05, 3.63) is 59.7 Å². The fourth-order valence-corrected chi connectivity index (χ4v) is 4.00. The van der Waals surface area contributed by atoms with Crippen LogP contribution in [0.1, 0.15) is 24.0 Å². The molecule has 1 saturated heterocycles. The number of carbonyl (C=O) groups is 2. The smallest absolute Gasteiger partial charge is 0.237 e. The Morgan fingerprint density at radius 2 is 2.04 bits per heavy atom. The predicted octanol–water partition coefficient (Wildman–Crippen LogP) is 2.75. The number of ether oxygens (including phenoxy) is 1. The van der Waals surface area contributed by atoms with Crippen molar-refractivity contribution >= 4 is 17.5 Å². The van der Waals surface area contributed by atoms with Crippen molar-refractivity contribution in [2.24, 2.45) is 0 Å². The Labute approximate surface area is 153 Å². The standard InChI is InChI=1S/C21H22N2O3/c1-26-16-8-9-18-17(13-16)21(20(25)22-18)11-12-23(14-21)19(24)10-7-15-5-3-2-4-6-15/h2-6,8-9,13H,7,10-12,14H2,1H3,(H,22,25)/t21-/m0/s1. The second-order valence-corrected chi connectivity index (χ2v) is 7.00. The van der Waals surface area contributed by atoms with Gasteiger partial charge in [0.1, 0.15) is 5.75 Å². The van der Waals surface area contributed by atoms with Gasteiger partial charge in [-0.1, -0.05) is 30.3 Å². The summed E-state index contributed by atoms with van der Waals surface area (Å²) in [5.74, 6) is 0.822. The molecule has 1 atom stereocenters. The number of fused-ring (bicyclic) bond motifs is 2. The van der Waals surface area contributed by atoms with Crippen LogP contribution in [0.15, 0.2) is 48.5 Å². The summed E-state index contributed by atoms with van der Waals surface area (Å²) < 4.78 is 5.32. The Bertz CT molecular complexity index is 850. The van der Waals surface area contributed by atoms with Crippen LogP contribution in [0, 0.1) is 0 Å². The highest BCUT2D eigenvalue weighted by molar-refractivity contribution is 6.07. The average Bonchev–Trinajstić information content (AvgIpc) is 3.24. The third-order valence-electron chi connectivity index (χ3n) is 5.52. The van der Waals surface area contributed by atoms with Crippen LogP contribution in [0.3, 0.4) is 0 Å². The molecular formula is C21H22N2O3. The Morgan fingerprint density at radius 1 is 1.23 bits per heavy atom. The minimum Gasteiger partial charge on any atom is -0.497 e. The van der Waals surface area contributed by atoms with E-state index in [9.17, 15) is 9.59 Å². The van der Waals surface area contributed by atoms with Crippen molar-refractivity contribution in [3.8, 4) is 5.75 Å². The van der Waals surface area contributed by atoms with Crippen LogP contribution in [0.4, 0.5) is 5.69 Å². The van der Waals surface area contributed by atoms with Gasteiger partial charge in [-0.2, -0.15) is 0 Å². The average molecular weight is 350 g/mol. The molecule has 0 aliphatic carbocycles. The first-order valence-corrected chi connectivity index (χ1v) is 8.94. The zero-order chi connectivity index (χ0) is 18.1. The fourth-order valence-electron chi connectivity index (χ4n) is 4.00. The Kier molecular flexibility index (Phi) is 4.15. The summed E-state index contributed by atoms with van der Waals surface area (Å²) in [5, 5.41) is 2.97. The first-order chi connectivity index (χ1) is 12.6. The van der Waals surface area contributed by atoms with Gasteiger partial charge in [0.05, 0.1) is 12.5 Å². The summed E-state index contributed by atoms with van der Waals surface area (Å²) in [6, 6.07) is 15.6. The number of carbonyl (C=O) groups excluding carboxylic acids is 2. The van der Waals surface area contributed by atoms with Gasteiger partial charge < -0.3 is 15.0 Å². The van der Waals surface area contributed by atoms with Gasteiger partial charge in [0.15, 0.2) is 0 Å². The van der Waals surface area contributed by atoms with Gasteiger partial charge in [-0.25, -0.2) is 0 Å². The topological polar surface area (TPSA) is 58.6 Å². The van der Waals surface area contributed by atoms with Gasteiger partial charge in [-0.05, 0) is 42.2 Å². The van der Waals surface area contributed by atoms with Crippen LogP contribution < -0.4 is 10.1 Å². The Hall–Kier alpha value is -2.82. The zero-order valence-electron chi connectivity index (χ0n) is 14.8. The maximum atomic E-state index is 12.7. The van der Waals surface area contributed by atoms with E-state index in [1.807, 2.05) is 53.4 Å². The van der Waals surface area contributed by atoms with Crippen LogP contribution in [0.2, 0.25) is 0 Å². The molecule has 0 radical (unpaired) electrons. The maximum Gasteiger partial charge on any atom is 0.237 e. The number of rotatable bonds is 4. The van der Waals surface area contributed by atoms with E-state index in [0.29, 0.717) is 25.9 Å².